The van der Waals surface area contributed by atoms with Gasteiger partial charge in [-0.2, -0.15) is 0 Å². The molecule has 1 aromatic carbocycles. The van der Waals surface area contributed by atoms with Gasteiger partial charge >= 0.3 is 0 Å². The zero-order valence-electron chi connectivity index (χ0n) is 17.1. The van der Waals surface area contributed by atoms with Crippen molar-refractivity contribution in [3.05, 3.63) is 124 Å². The molecule has 0 saturated heterocycles. The molecule has 0 saturated carbocycles. The number of rotatable bonds is 1. The topological polar surface area (TPSA) is 56.3 Å². The third kappa shape index (κ3) is 3.38. The van der Waals surface area contributed by atoms with Gasteiger partial charge in [0.05, 0.1) is 22.8 Å². The van der Waals surface area contributed by atoms with Crippen LogP contribution in [0.4, 0.5) is 0 Å². The molecule has 5 heterocycles. The molecule has 0 aliphatic carbocycles. The minimum Gasteiger partial charge on any atom is -0.361 e. The van der Waals surface area contributed by atoms with E-state index in [0.29, 0.717) is 0 Å². The molecule has 3 aliphatic rings. The van der Waals surface area contributed by atoms with Crippen molar-refractivity contribution in [3.63, 3.8) is 0 Å². The molecule has 3 aromatic rings. The van der Waals surface area contributed by atoms with Crippen molar-refractivity contribution in [2.75, 3.05) is 0 Å². The van der Waals surface area contributed by atoms with Crippen LogP contribution < -0.4 is 10.7 Å². The molecule has 148 valence electrons. The summed E-state index contributed by atoms with van der Waals surface area (Å²) in [4.78, 5) is 16.5. The summed E-state index contributed by atoms with van der Waals surface area (Å²) in [6, 6.07) is 14.9. The van der Waals surface area contributed by atoms with E-state index in [1.807, 2.05) is 24.3 Å². The van der Waals surface area contributed by atoms with Crippen molar-refractivity contribution in [1.29, 1.82) is 0 Å². The van der Waals surface area contributed by atoms with E-state index in [-0.39, 0.29) is 0 Å². The Bertz CT molecular complexity index is 1510. The maximum Gasteiger partial charge on any atom is 0.0722 e. The Morgan fingerprint density at radius 3 is 2.35 bits per heavy atom. The number of aromatic nitrogens is 2. The molecule has 0 spiro atoms. The highest BCUT2D eigenvalue weighted by Gasteiger charge is 2.15. The third-order valence-corrected chi connectivity index (χ3v) is 5.58. The van der Waals surface area contributed by atoms with E-state index in [0.717, 1.165) is 55.9 Å². The van der Waals surface area contributed by atoms with E-state index < -0.39 is 0 Å². The summed E-state index contributed by atoms with van der Waals surface area (Å²) in [5, 5.41) is 2.06. The maximum atomic E-state index is 4.93. The van der Waals surface area contributed by atoms with Crippen molar-refractivity contribution in [2.24, 2.45) is 9.98 Å². The Hall–Kier alpha value is -4.18. The number of allylic oxidation sites excluding steroid dienone is 5. The average Bonchev–Trinajstić information content (AvgIpc) is 3.55. The first-order valence-electron chi connectivity index (χ1n) is 10.3. The molecule has 8 bridgehead atoms. The second kappa shape index (κ2) is 6.96. The second-order valence-electron chi connectivity index (χ2n) is 7.94. The zero-order valence-corrected chi connectivity index (χ0v) is 17.1. The van der Waals surface area contributed by atoms with Crippen LogP contribution in [0.15, 0.2) is 100 Å². The van der Waals surface area contributed by atoms with Crippen LogP contribution in [0.25, 0.3) is 17.7 Å². The molecule has 0 unspecified atom stereocenters. The summed E-state index contributed by atoms with van der Waals surface area (Å²) < 4.78 is 0. The van der Waals surface area contributed by atoms with E-state index in [1.165, 1.54) is 5.56 Å². The predicted molar refractivity (Wildman–Crippen MR) is 127 cm³/mol. The van der Waals surface area contributed by atoms with Crippen LogP contribution in [0.5, 0.6) is 0 Å². The number of H-pyrrole nitrogens is 2. The Morgan fingerprint density at radius 2 is 1.48 bits per heavy atom. The van der Waals surface area contributed by atoms with Gasteiger partial charge in [0.25, 0.3) is 0 Å². The molecular formula is C27H20N4. The number of nitrogens with one attached hydrogen (secondary N) is 2. The highest BCUT2D eigenvalue weighted by atomic mass is 14.8. The van der Waals surface area contributed by atoms with E-state index >= 15 is 0 Å². The molecule has 0 amide bonds. The number of nitrogens with zero attached hydrogens (tertiary/aromatic N) is 2. The van der Waals surface area contributed by atoms with Gasteiger partial charge in [-0.3, -0.25) is 0 Å². The SMILES string of the molecule is Cc1ccc(C2=C3C=CC(=N3)C=C3C=CC(=N3)C=c3ccc([nH]3)=Cc3cc2c[nH]3)cc1. The lowest BCUT2D eigenvalue weighted by molar-refractivity contribution is 1.26. The minimum atomic E-state index is 0.904. The first-order chi connectivity index (χ1) is 15.2. The first-order valence-corrected chi connectivity index (χ1v) is 10.3. The fourth-order valence-corrected chi connectivity index (χ4v) is 4.05. The van der Waals surface area contributed by atoms with Crippen LogP contribution >= 0.6 is 0 Å². The molecular weight excluding hydrogens is 380 g/mol. The normalized spacial score (nSPS) is 16.6. The third-order valence-electron chi connectivity index (χ3n) is 5.58. The number of hydrogen-bond donors (Lipinski definition) is 2. The molecule has 0 radical (unpaired) electrons. The number of benzene rings is 1. The molecule has 4 nitrogen and oxygen atoms in total. The molecule has 31 heavy (non-hydrogen) atoms. The summed E-state index contributed by atoms with van der Waals surface area (Å²) in [6.45, 7) is 2.11. The quantitative estimate of drug-likeness (QED) is 0.622. The van der Waals surface area contributed by atoms with Crippen LogP contribution in [0.3, 0.4) is 0 Å². The Morgan fingerprint density at radius 1 is 0.710 bits per heavy atom. The van der Waals surface area contributed by atoms with E-state index in [4.69, 9.17) is 9.98 Å². The molecule has 4 heteroatoms. The van der Waals surface area contributed by atoms with Gasteiger partial charge < -0.3 is 9.97 Å². The minimum absolute atomic E-state index is 0.904. The molecule has 2 N–H and O–H groups in total. The molecule has 6 rings (SSSR count). The number of aromatic amines is 2. The van der Waals surface area contributed by atoms with Gasteiger partial charge in [0.1, 0.15) is 0 Å². The monoisotopic (exact) mass is 400 g/mol. The van der Waals surface area contributed by atoms with Crippen LogP contribution in [0, 0.1) is 6.92 Å². The summed E-state index contributed by atoms with van der Waals surface area (Å²) >= 11 is 0. The summed E-state index contributed by atoms with van der Waals surface area (Å²) in [5.74, 6) is 0. The lowest BCUT2D eigenvalue weighted by atomic mass is 9.97. The summed E-state index contributed by atoms with van der Waals surface area (Å²) in [7, 11) is 0. The number of fused-ring (bicyclic) bond motifs is 6. The number of aliphatic imine (C=N–C) groups is 2. The van der Waals surface area contributed by atoms with Gasteiger partial charge in [0.15, 0.2) is 0 Å². The fourth-order valence-electron chi connectivity index (χ4n) is 4.05. The van der Waals surface area contributed by atoms with Gasteiger partial charge in [0.2, 0.25) is 0 Å². The van der Waals surface area contributed by atoms with E-state index in [9.17, 15) is 0 Å². The smallest absolute Gasteiger partial charge is 0.0722 e. The molecule has 3 aliphatic heterocycles. The number of hydrogen-bond acceptors (Lipinski definition) is 2. The summed E-state index contributed by atoms with van der Waals surface area (Å²) in [5.41, 5.74) is 9.32. The predicted octanol–water partition coefficient (Wildman–Crippen LogP) is 3.94. The largest absolute Gasteiger partial charge is 0.361 e. The zero-order chi connectivity index (χ0) is 20.8. The van der Waals surface area contributed by atoms with Crippen LogP contribution in [-0.2, 0) is 0 Å². The highest BCUT2D eigenvalue weighted by Crippen LogP contribution is 2.31. The van der Waals surface area contributed by atoms with E-state index in [1.54, 1.807) is 0 Å². The lowest BCUT2D eigenvalue weighted by Gasteiger charge is -2.08. The average molecular weight is 400 g/mol. The molecule has 0 atom stereocenters. The number of aryl methyl sites for hydroxylation is 1. The Kier molecular flexibility index (Phi) is 3.96. The van der Waals surface area contributed by atoms with Crippen LogP contribution in [0.2, 0.25) is 0 Å². The van der Waals surface area contributed by atoms with Gasteiger partial charge in [0, 0.05) is 33.7 Å². The van der Waals surface area contributed by atoms with Crippen LogP contribution in [0.1, 0.15) is 22.4 Å². The standard InChI is InChI=1S/C27H20N4/c1-17-2-4-18(5-3-17)27-19-12-25(28-16-19)15-23-9-8-21(30-23)13-20-6-7-22(29-20)14-24-10-11-26(27)31-24/h2-16,28,30H,1H3. The molecule has 0 fully saturated rings. The van der Waals surface area contributed by atoms with Gasteiger partial charge in [-0.1, -0.05) is 29.8 Å². The van der Waals surface area contributed by atoms with Crippen molar-refractivity contribution >= 4 is 29.1 Å². The lowest BCUT2D eigenvalue weighted by Crippen LogP contribution is -2.10. The Labute approximate surface area is 179 Å². The van der Waals surface area contributed by atoms with Crippen molar-refractivity contribution in [2.45, 2.75) is 6.92 Å². The van der Waals surface area contributed by atoms with E-state index in [2.05, 4.69) is 83.8 Å². The maximum absolute atomic E-state index is 4.93. The van der Waals surface area contributed by atoms with Crippen molar-refractivity contribution < 1.29 is 0 Å². The molecule has 2 aromatic heterocycles. The first kappa shape index (κ1) is 17.7. The van der Waals surface area contributed by atoms with Gasteiger partial charge in [-0.25, -0.2) is 9.98 Å². The van der Waals surface area contributed by atoms with Gasteiger partial charge in [-0.15, -0.1) is 0 Å². The van der Waals surface area contributed by atoms with Crippen molar-refractivity contribution in [1.82, 2.24) is 9.97 Å². The Balaban J connectivity index is 1.61. The fraction of sp³-hybridized carbons (Fsp3) is 0.0370. The highest BCUT2D eigenvalue weighted by molar-refractivity contribution is 6.20. The van der Waals surface area contributed by atoms with Gasteiger partial charge in [-0.05, 0) is 73.2 Å². The van der Waals surface area contributed by atoms with Crippen LogP contribution in [-0.4, -0.2) is 21.4 Å². The second-order valence-corrected chi connectivity index (χ2v) is 7.94. The van der Waals surface area contributed by atoms with Crippen molar-refractivity contribution in [3.8, 4) is 0 Å². The summed E-state index contributed by atoms with van der Waals surface area (Å²) in [6.07, 6.45) is 16.4.